The normalized spacial score (nSPS) is 23.3. The smallest absolute Gasteiger partial charge is 0.407 e. The summed E-state index contributed by atoms with van der Waals surface area (Å²) in [6, 6.07) is 14.8. The van der Waals surface area contributed by atoms with E-state index in [9.17, 15) is 24.2 Å². The number of rotatable bonds is 7. The van der Waals surface area contributed by atoms with Gasteiger partial charge >= 0.3 is 6.09 Å². The third-order valence-corrected chi connectivity index (χ3v) is 8.11. The van der Waals surface area contributed by atoms with E-state index in [1.807, 2.05) is 30.3 Å². The predicted molar refractivity (Wildman–Crippen MR) is 147 cm³/mol. The zero-order chi connectivity index (χ0) is 28.3. The van der Waals surface area contributed by atoms with E-state index in [-0.39, 0.29) is 37.8 Å². The summed E-state index contributed by atoms with van der Waals surface area (Å²) in [6.45, 7) is 0.675. The van der Waals surface area contributed by atoms with Crippen LogP contribution in [0.5, 0.6) is 0 Å². The molecule has 2 heterocycles. The molecule has 2 aromatic carbocycles. The van der Waals surface area contributed by atoms with Gasteiger partial charge in [0.1, 0.15) is 11.4 Å². The number of carbonyl (C=O) groups is 2. The number of methoxy groups -OCH3 is 1. The van der Waals surface area contributed by atoms with Crippen LogP contribution in [0, 0.1) is 5.82 Å². The van der Waals surface area contributed by atoms with Crippen molar-refractivity contribution in [3.05, 3.63) is 78.0 Å². The monoisotopic (exact) mass is 550 g/mol. The van der Waals surface area contributed by atoms with Crippen LogP contribution in [0.1, 0.15) is 47.8 Å². The van der Waals surface area contributed by atoms with Gasteiger partial charge in [0, 0.05) is 32.3 Å². The van der Waals surface area contributed by atoms with Gasteiger partial charge in [0.25, 0.3) is 5.91 Å². The molecule has 2 aliphatic rings. The number of halogens is 1. The van der Waals surface area contributed by atoms with Gasteiger partial charge in [-0.25, -0.2) is 14.2 Å². The number of imidazole rings is 1. The first kappa shape index (κ1) is 27.8. The lowest BCUT2D eigenvalue weighted by Gasteiger charge is -2.41. The van der Waals surface area contributed by atoms with Gasteiger partial charge in [0.05, 0.1) is 30.7 Å². The first-order valence-electron chi connectivity index (χ1n) is 13.7. The second kappa shape index (κ2) is 11.8. The van der Waals surface area contributed by atoms with Crippen LogP contribution in [0.15, 0.2) is 60.9 Å². The second-order valence-corrected chi connectivity index (χ2v) is 10.7. The van der Waals surface area contributed by atoms with Gasteiger partial charge in [-0.2, -0.15) is 0 Å². The van der Waals surface area contributed by atoms with Crippen molar-refractivity contribution in [2.45, 2.75) is 49.8 Å². The highest BCUT2D eigenvalue weighted by molar-refractivity contribution is 5.98. The number of aliphatic hydroxyl groups is 1. The molecule has 10 heteroatoms. The van der Waals surface area contributed by atoms with Gasteiger partial charge in [-0.1, -0.05) is 55.3 Å². The highest BCUT2D eigenvalue weighted by atomic mass is 19.1. The van der Waals surface area contributed by atoms with Crippen molar-refractivity contribution in [1.29, 1.82) is 0 Å². The molecule has 0 unspecified atom stereocenters. The molecule has 3 atom stereocenters. The maximum absolute atomic E-state index is 14.5. The van der Waals surface area contributed by atoms with Crippen LogP contribution in [0.2, 0.25) is 0 Å². The Morgan fingerprint density at radius 1 is 1.12 bits per heavy atom. The lowest BCUT2D eigenvalue weighted by Crippen LogP contribution is -2.57. The number of aromatic nitrogens is 2. The number of benzene rings is 2. The summed E-state index contributed by atoms with van der Waals surface area (Å²) in [7, 11) is 1.55. The molecule has 212 valence electrons. The SMILES string of the molecule is COC[C@@]1(O)CCCC[C@@H]1n1cnc(C(=O)N2CCN(C(=O)O)C[C@H]2Cc2ccccc2)c1-c1cccc(F)c1. The number of carboxylic acid groups (broad SMARTS) is 1. The van der Waals surface area contributed by atoms with Crippen LogP contribution in [0.25, 0.3) is 11.3 Å². The zero-order valence-corrected chi connectivity index (χ0v) is 22.6. The van der Waals surface area contributed by atoms with Crippen LogP contribution < -0.4 is 0 Å². The minimum Gasteiger partial charge on any atom is -0.465 e. The number of hydrogen-bond donors (Lipinski definition) is 2. The van der Waals surface area contributed by atoms with Crippen molar-refractivity contribution in [1.82, 2.24) is 19.4 Å². The zero-order valence-electron chi connectivity index (χ0n) is 22.6. The Kier molecular flexibility index (Phi) is 8.18. The quantitative estimate of drug-likeness (QED) is 0.456. The molecule has 3 aromatic rings. The minimum atomic E-state index is -1.17. The van der Waals surface area contributed by atoms with E-state index in [4.69, 9.17) is 4.74 Å². The molecule has 40 heavy (non-hydrogen) atoms. The second-order valence-electron chi connectivity index (χ2n) is 10.7. The summed E-state index contributed by atoms with van der Waals surface area (Å²) in [4.78, 5) is 33.6. The molecule has 1 aliphatic heterocycles. The molecule has 1 aliphatic carbocycles. The fourth-order valence-corrected chi connectivity index (χ4v) is 6.19. The number of carbonyl (C=O) groups excluding carboxylic acids is 1. The first-order chi connectivity index (χ1) is 19.3. The molecule has 5 rings (SSSR count). The van der Waals surface area contributed by atoms with Crippen molar-refractivity contribution < 1.29 is 28.9 Å². The van der Waals surface area contributed by atoms with Crippen LogP contribution in [-0.4, -0.2) is 86.6 Å². The largest absolute Gasteiger partial charge is 0.465 e. The number of ether oxygens (including phenoxy) is 1. The average Bonchev–Trinajstić information content (AvgIpc) is 3.38. The Bertz CT molecular complexity index is 1340. The lowest BCUT2D eigenvalue weighted by molar-refractivity contribution is -0.0893. The Hall–Kier alpha value is -3.76. The molecule has 2 fully saturated rings. The van der Waals surface area contributed by atoms with Crippen molar-refractivity contribution >= 4 is 12.0 Å². The molecule has 1 aromatic heterocycles. The summed E-state index contributed by atoms with van der Waals surface area (Å²) in [5, 5.41) is 21.3. The van der Waals surface area contributed by atoms with E-state index < -0.39 is 29.6 Å². The molecule has 1 saturated heterocycles. The van der Waals surface area contributed by atoms with Gasteiger partial charge in [0.2, 0.25) is 0 Å². The van der Waals surface area contributed by atoms with Crippen molar-refractivity contribution in [2.75, 3.05) is 33.4 Å². The van der Waals surface area contributed by atoms with Gasteiger partial charge in [-0.3, -0.25) is 4.79 Å². The van der Waals surface area contributed by atoms with Crippen LogP contribution in [0.4, 0.5) is 9.18 Å². The summed E-state index contributed by atoms with van der Waals surface area (Å²) in [5.41, 5.74) is 0.886. The summed E-state index contributed by atoms with van der Waals surface area (Å²) < 4.78 is 21.6. The molecule has 0 bridgehead atoms. The third-order valence-electron chi connectivity index (χ3n) is 8.11. The standard InChI is InChI=1S/C30H35FN4O5/c1-40-19-30(39)13-6-5-12-25(30)35-20-32-26(27(35)22-10-7-11-23(31)17-22)28(36)34-15-14-33(29(37)38)18-24(34)16-21-8-3-2-4-9-21/h2-4,7-11,17,20,24-25,39H,5-6,12-16,18-19H2,1H3,(H,37,38)/t24-,25+,30+/m1/s1. The highest BCUT2D eigenvalue weighted by Gasteiger charge is 2.43. The average molecular weight is 551 g/mol. The molecule has 0 spiro atoms. The highest BCUT2D eigenvalue weighted by Crippen LogP contribution is 2.41. The van der Waals surface area contributed by atoms with Crippen LogP contribution in [-0.2, 0) is 11.2 Å². The number of piperazine rings is 1. The minimum absolute atomic E-state index is 0.123. The Labute approximate surface area is 232 Å². The number of hydrogen-bond acceptors (Lipinski definition) is 5. The summed E-state index contributed by atoms with van der Waals surface area (Å²) >= 11 is 0. The maximum atomic E-state index is 14.5. The van der Waals surface area contributed by atoms with Crippen LogP contribution in [0.3, 0.4) is 0 Å². The number of amides is 2. The molecule has 2 N–H and O–H groups in total. The molecule has 0 radical (unpaired) electrons. The van der Waals surface area contributed by atoms with E-state index in [1.165, 1.54) is 17.0 Å². The molecule has 9 nitrogen and oxygen atoms in total. The lowest BCUT2D eigenvalue weighted by atomic mass is 9.80. The van der Waals surface area contributed by atoms with Gasteiger partial charge < -0.3 is 29.3 Å². The van der Waals surface area contributed by atoms with E-state index >= 15 is 0 Å². The summed E-state index contributed by atoms with van der Waals surface area (Å²) in [5.74, 6) is -0.799. The fourth-order valence-electron chi connectivity index (χ4n) is 6.19. The van der Waals surface area contributed by atoms with E-state index in [1.54, 1.807) is 35.0 Å². The molecular weight excluding hydrogens is 515 g/mol. The van der Waals surface area contributed by atoms with Gasteiger partial charge in [-0.05, 0) is 37.0 Å². The van der Waals surface area contributed by atoms with Gasteiger partial charge in [-0.15, -0.1) is 0 Å². The Balaban J connectivity index is 1.56. The first-order valence-corrected chi connectivity index (χ1v) is 13.7. The van der Waals surface area contributed by atoms with Crippen molar-refractivity contribution in [3.8, 4) is 11.3 Å². The Morgan fingerprint density at radius 2 is 1.93 bits per heavy atom. The fraction of sp³-hybridized carbons (Fsp3) is 0.433. The molecule has 1 saturated carbocycles. The summed E-state index contributed by atoms with van der Waals surface area (Å²) in [6.07, 6.45) is 3.93. The van der Waals surface area contributed by atoms with E-state index in [0.717, 1.165) is 18.4 Å². The maximum Gasteiger partial charge on any atom is 0.407 e. The van der Waals surface area contributed by atoms with Crippen molar-refractivity contribution in [2.24, 2.45) is 0 Å². The van der Waals surface area contributed by atoms with E-state index in [0.29, 0.717) is 30.5 Å². The Morgan fingerprint density at radius 3 is 2.65 bits per heavy atom. The number of nitrogens with zero attached hydrogens (tertiary/aromatic N) is 4. The van der Waals surface area contributed by atoms with E-state index in [2.05, 4.69) is 4.98 Å². The topological polar surface area (TPSA) is 108 Å². The van der Waals surface area contributed by atoms with Gasteiger partial charge in [0.15, 0.2) is 5.69 Å². The predicted octanol–water partition coefficient (Wildman–Crippen LogP) is 4.23. The van der Waals surface area contributed by atoms with Crippen molar-refractivity contribution in [3.63, 3.8) is 0 Å². The molecule has 2 amide bonds. The van der Waals surface area contributed by atoms with Crippen LogP contribution >= 0.6 is 0 Å². The molecular formula is C30H35FN4O5. The third kappa shape index (κ3) is 5.59.